The van der Waals surface area contributed by atoms with Crippen LogP contribution in [0, 0.1) is 0 Å². The molecule has 19 heavy (non-hydrogen) atoms. The molecule has 0 atom stereocenters. The normalized spacial score (nSPS) is 12.1. The molecule has 0 saturated heterocycles. The summed E-state index contributed by atoms with van der Waals surface area (Å²) in [6, 6.07) is 6.61. The second-order valence-corrected chi connectivity index (χ2v) is 4.61. The van der Waals surface area contributed by atoms with Gasteiger partial charge in [-0.05, 0) is 24.1 Å². The van der Waals surface area contributed by atoms with Crippen molar-refractivity contribution in [3.63, 3.8) is 0 Å². The fourth-order valence-corrected chi connectivity index (χ4v) is 1.72. The molecule has 0 radical (unpaired) electrons. The van der Waals surface area contributed by atoms with Gasteiger partial charge >= 0.3 is 6.18 Å². The first-order valence-corrected chi connectivity index (χ1v) is 5.82. The first kappa shape index (κ1) is 13.5. The number of anilines is 1. The van der Waals surface area contributed by atoms with Crippen LogP contribution in [0.3, 0.4) is 0 Å². The van der Waals surface area contributed by atoms with Crippen LogP contribution in [0.5, 0.6) is 0 Å². The van der Waals surface area contributed by atoms with Gasteiger partial charge in [-0.25, -0.2) is 4.68 Å². The quantitative estimate of drug-likeness (QED) is 0.905. The molecule has 0 bridgehead atoms. The molecule has 0 amide bonds. The summed E-state index contributed by atoms with van der Waals surface area (Å²) in [6.45, 7) is 3.89. The summed E-state index contributed by atoms with van der Waals surface area (Å²) in [6.07, 6.45) is -4.38. The monoisotopic (exact) mass is 269 g/mol. The number of nitrogens with two attached hydrogens (primary N) is 1. The Hall–Kier alpha value is -1.98. The van der Waals surface area contributed by atoms with E-state index >= 15 is 0 Å². The zero-order chi connectivity index (χ0) is 14.2. The number of alkyl halides is 3. The number of hydrogen-bond donors (Lipinski definition) is 1. The van der Waals surface area contributed by atoms with Gasteiger partial charge < -0.3 is 5.73 Å². The Morgan fingerprint density at radius 2 is 1.89 bits per heavy atom. The lowest BCUT2D eigenvalue weighted by molar-refractivity contribution is -0.137. The number of hydrogen-bond acceptors (Lipinski definition) is 2. The SMILES string of the molecule is CC(C)c1cc(N)n(-c2cccc(C(F)(F)F)c2)n1. The Balaban J connectivity index is 2.48. The lowest BCUT2D eigenvalue weighted by Crippen LogP contribution is -2.08. The van der Waals surface area contributed by atoms with Crippen LogP contribution in [0.4, 0.5) is 19.0 Å². The lowest BCUT2D eigenvalue weighted by atomic mass is 10.1. The van der Waals surface area contributed by atoms with Crippen LogP contribution in [0.2, 0.25) is 0 Å². The molecular formula is C13H14F3N3. The van der Waals surface area contributed by atoms with Gasteiger partial charge in [-0.3, -0.25) is 0 Å². The van der Waals surface area contributed by atoms with Crippen molar-refractivity contribution in [2.24, 2.45) is 0 Å². The van der Waals surface area contributed by atoms with Crippen molar-refractivity contribution in [3.05, 3.63) is 41.6 Å². The van der Waals surface area contributed by atoms with Gasteiger partial charge in [0.15, 0.2) is 0 Å². The Labute approximate surface area is 108 Å². The molecule has 3 nitrogen and oxygen atoms in total. The van der Waals surface area contributed by atoms with E-state index in [4.69, 9.17) is 5.73 Å². The van der Waals surface area contributed by atoms with Crippen molar-refractivity contribution in [3.8, 4) is 5.69 Å². The molecule has 0 aliphatic heterocycles. The summed E-state index contributed by atoms with van der Waals surface area (Å²) in [4.78, 5) is 0. The third-order valence-electron chi connectivity index (χ3n) is 2.77. The van der Waals surface area contributed by atoms with Crippen LogP contribution < -0.4 is 5.73 Å². The molecule has 2 rings (SSSR count). The molecule has 0 aliphatic carbocycles. The first-order valence-electron chi connectivity index (χ1n) is 5.82. The number of nitrogen functional groups attached to an aromatic ring is 1. The zero-order valence-electron chi connectivity index (χ0n) is 10.6. The summed E-state index contributed by atoms with van der Waals surface area (Å²) < 4.78 is 39.3. The summed E-state index contributed by atoms with van der Waals surface area (Å²) >= 11 is 0. The minimum absolute atomic E-state index is 0.161. The minimum Gasteiger partial charge on any atom is -0.384 e. The largest absolute Gasteiger partial charge is 0.416 e. The first-order chi connectivity index (χ1) is 8.79. The predicted molar refractivity (Wildman–Crippen MR) is 67.1 cm³/mol. The molecule has 1 aromatic heterocycles. The molecule has 1 aromatic carbocycles. The van der Waals surface area contributed by atoms with Gasteiger partial charge in [-0.1, -0.05) is 19.9 Å². The average molecular weight is 269 g/mol. The minimum atomic E-state index is -4.38. The van der Waals surface area contributed by atoms with Gasteiger partial charge in [-0.15, -0.1) is 0 Å². The Morgan fingerprint density at radius 3 is 2.42 bits per heavy atom. The molecule has 6 heteroatoms. The van der Waals surface area contributed by atoms with Crippen LogP contribution in [0.25, 0.3) is 5.69 Å². The molecule has 0 aliphatic rings. The van der Waals surface area contributed by atoms with E-state index in [0.29, 0.717) is 11.5 Å². The van der Waals surface area contributed by atoms with Gasteiger partial charge in [0.25, 0.3) is 0 Å². The zero-order valence-corrected chi connectivity index (χ0v) is 10.6. The van der Waals surface area contributed by atoms with Gasteiger partial charge in [0.1, 0.15) is 5.82 Å². The average Bonchev–Trinajstić information content (AvgIpc) is 2.71. The van der Waals surface area contributed by atoms with Crippen molar-refractivity contribution < 1.29 is 13.2 Å². The second-order valence-electron chi connectivity index (χ2n) is 4.61. The van der Waals surface area contributed by atoms with Gasteiger partial charge in [0.05, 0.1) is 16.9 Å². The molecule has 1 heterocycles. The lowest BCUT2D eigenvalue weighted by Gasteiger charge is -2.09. The molecule has 0 unspecified atom stereocenters. The van der Waals surface area contributed by atoms with Crippen molar-refractivity contribution in [2.75, 3.05) is 5.73 Å². The molecule has 2 aromatic rings. The van der Waals surface area contributed by atoms with E-state index in [9.17, 15) is 13.2 Å². The number of halogens is 3. The van der Waals surface area contributed by atoms with E-state index in [-0.39, 0.29) is 5.92 Å². The van der Waals surface area contributed by atoms with E-state index in [1.54, 1.807) is 12.1 Å². The van der Waals surface area contributed by atoms with E-state index in [2.05, 4.69) is 5.10 Å². The maximum absolute atomic E-state index is 12.7. The maximum Gasteiger partial charge on any atom is 0.416 e. The number of nitrogens with zero attached hydrogens (tertiary/aromatic N) is 2. The van der Waals surface area contributed by atoms with Crippen molar-refractivity contribution >= 4 is 5.82 Å². The van der Waals surface area contributed by atoms with Gasteiger partial charge in [-0.2, -0.15) is 18.3 Å². The molecule has 0 saturated carbocycles. The molecule has 0 fully saturated rings. The van der Waals surface area contributed by atoms with E-state index in [0.717, 1.165) is 17.8 Å². The molecule has 0 spiro atoms. The molecule has 2 N–H and O–H groups in total. The Kier molecular flexibility index (Phi) is 3.26. The predicted octanol–water partition coefficient (Wildman–Crippen LogP) is 3.60. The topological polar surface area (TPSA) is 43.8 Å². The number of aromatic nitrogens is 2. The van der Waals surface area contributed by atoms with Crippen LogP contribution in [-0.2, 0) is 6.18 Å². The third-order valence-corrected chi connectivity index (χ3v) is 2.77. The van der Waals surface area contributed by atoms with Gasteiger partial charge in [0, 0.05) is 6.07 Å². The Morgan fingerprint density at radius 1 is 1.21 bits per heavy atom. The summed E-state index contributed by atoms with van der Waals surface area (Å²) in [5.41, 5.74) is 6.12. The fourth-order valence-electron chi connectivity index (χ4n) is 1.72. The second kappa shape index (κ2) is 4.60. The van der Waals surface area contributed by atoms with Crippen molar-refractivity contribution in [2.45, 2.75) is 25.9 Å². The van der Waals surface area contributed by atoms with Crippen molar-refractivity contribution in [1.29, 1.82) is 0 Å². The smallest absolute Gasteiger partial charge is 0.384 e. The highest BCUT2D eigenvalue weighted by Crippen LogP contribution is 2.31. The van der Waals surface area contributed by atoms with E-state index < -0.39 is 11.7 Å². The summed E-state index contributed by atoms with van der Waals surface area (Å²) in [5, 5.41) is 4.23. The highest BCUT2D eigenvalue weighted by atomic mass is 19.4. The molecular weight excluding hydrogens is 255 g/mol. The van der Waals surface area contributed by atoms with Crippen molar-refractivity contribution in [1.82, 2.24) is 9.78 Å². The Bertz CT molecular complexity index is 585. The maximum atomic E-state index is 12.7. The highest BCUT2D eigenvalue weighted by Gasteiger charge is 2.30. The van der Waals surface area contributed by atoms with Gasteiger partial charge in [0.2, 0.25) is 0 Å². The number of benzene rings is 1. The van der Waals surface area contributed by atoms with Crippen LogP contribution in [0.1, 0.15) is 31.0 Å². The van der Waals surface area contributed by atoms with Crippen LogP contribution >= 0.6 is 0 Å². The molecule has 102 valence electrons. The summed E-state index contributed by atoms with van der Waals surface area (Å²) in [7, 11) is 0. The highest BCUT2D eigenvalue weighted by molar-refractivity contribution is 5.45. The third kappa shape index (κ3) is 2.72. The van der Waals surface area contributed by atoms with Crippen LogP contribution in [0.15, 0.2) is 30.3 Å². The summed E-state index contributed by atoms with van der Waals surface area (Å²) in [5.74, 6) is 0.484. The standard InChI is InChI=1S/C13H14F3N3/c1-8(2)11-7-12(17)19(18-11)10-5-3-4-9(6-10)13(14,15)16/h3-8H,17H2,1-2H3. The van der Waals surface area contributed by atoms with E-state index in [1.165, 1.54) is 10.7 Å². The number of rotatable bonds is 2. The van der Waals surface area contributed by atoms with E-state index in [1.807, 2.05) is 13.8 Å². The fraction of sp³-hybridized carbons (Fsp3) is 0.308. The van der Waals surface area contributed by atoms with Crippen LogP contribution in [-0.4, -0.2) is 9.78 Å².